The first-order valence-corrected chi connectivity index (χ1v) is 13.2. The highest BCUT2D eigenvalue weighted by atomic mass is 19.1. The van der Waals surface area contributed by atoms with Crippen LogP contribution in [0, 0.1) is 12.9 Å². The number of amides is 2. The molecule has 2 amide bonds. The number of carbonyl (C=O) groups excluding carboxylic acids is 2. The Balaban J connectivity index is 0.000000145. The molecule has 0 bridgehead atoms. The Morgan fingerprint density at radius 2 is 1.30 bits per heavy atom. The van der Waals surface area contributed by atoms with Crippen molar-refractivity contribution in [2.75, 3.05) is 23.9 Å². The number of carbonyl (C=O) groups is 2. The van der Waals surface area contributed by atoms with Gasteiger partial charge < -0.3 is 9.80 Å². The zero-order valence-electron chi connectivity index (χ0n) is 23.1. The van der Waals surface area contributed by atoms with E-state index in [-0.39, 0.29) is 17.2 Å². The smallest absolute Gasteiger partial charge is 0.237 e. The van der Waals surface area contributed by atoms with E-state index >= 15 is 0 Å². The standard InChI is InChI=1S/C16H15N3O.C15H14FN3O/c1-10-7-11(3-6-17-10)13-8-14-12(9-18-13)16(4-5-16)15(20)19(14)2;1-15(2)10-8-18-11(7-12(10)19(3)14(15)20)9-4-5-17-13(16)6-9/h3,6-9H,4-5H2,1-2H3;4-8H,1-3H3. The lowest BCUT2D eigenvalue weighted by Crippen LogP contribution is -2.33. The predicted octanol–water partition coefficient (Wildman–Crippen LogP) is 5.00. The van der Waals surface area contributed by atoms with Crippen LogP contribution in [0.4, 0.5) is 15.8 Å². The van der Waals surface area contributed by atoms with Crippen LogP contribution in [-0.2, 0) is 20.4 Å². The Labute approximate surface area is 231 Å². The molecule has 0 aromatic carbocycles. The fraction of sp³-hybridized carbons (Fsp3) is 0.290. The van der Waals surface area contributed by atoms with Gasteiger partial charge in [0.1, 0.15) is 0 Å². The zero-order valence-corrected chi connectivity index (χ0v) is 23.1. The average Bonchev–Trinajstić information content (AvgIpc) is 3.71. The fourth-order valence-corrected chi connectivity index (χ4v) is 5.67. The quantitative estimate of drug-likeness (QED) is 0.335. The number of halogens is 1. The van der Waals surface area contributed by atoms with Crippen LogP contribution in [0.25, 0.3) is 22.5 Å². The van der Waals surface area contributed by atoms with Crippen molar-refractivity contribution in [2.24, 2.45) is 0 Å². The average molecular weight is 537 g/mol. The van der Waals surface area contributed by atoms with Gasteiger partial charge in [-0.05, 0) is 63.9 Å². The number of hydrogen-bond acceptors (Lipinski definition) is 6. The molecular formula is C31H29FN6O2. The van der Waals surface area contributed by atoms with Crippen LogP contribution >= 0.6 is 0 Å². The van der Waals surface area contributed by atoms with Crippen molar-refractivity contribution in [1.82, 2.24) is 19.9 Å². The number of likely N-dealkylation sites (N-methyl/N-ethyl adjacent to an activating group) is 2. The third kappa shape index (κ3) is 3.95. The van der Waals surface area contributed by atoms with Crippen LogP contribution in [0.15, 0.2) is 61.2 Å². The number of hydrogen-bond donors (Lipinski definition) is 0. The van der Waals surface area contributed by atoms with Gasteiger partial charge in [-0.25, -0.2) is 4.98 Å². The number of anilines is 2. The number of aromatic nitrogens is 4. The molecule has 8 nitrogen and oxygen atoms in total. The van der Waals surface area contributed by atoms with Gasteiger partial charge >= 0.3 is 0 Å². The fourth-order valence-electron chi connectivity index (χ4n) is 5.67. The van der Waals surface area contributed by atoms with Gasteiger partial charge in [0.25, 0.3) is 0 Å². The summed E-state index contributed by atoms with van der Waals surface area (Å²) in [6.45, 7) is 5.72. The summed E-state index contributed by atoms with van der Waals surface area (Å²) < 4.78 is 13.2. The Bertz CT molecular complexity index is 1580. The van der Waals surface area contributed by atoms with E-state index in [1.54, 1.807) is 35.3 Å². The molecule has 9 heteroatoms. The molecule has 0 radical (unpaired) electrons. The maximum absolute atomic E-state index is 13.2. The molecule has 1 aliphatic carbocycles. The molecular weight excluding hydrogens is 507 g/mol. The minimum atomic E-state index is -0.570. The predicted molar refractivity (Wildman–Crippen MR) is 150 cm³/mol. The molecule has 1 fully saturated rings. The summed E-state index contributed by atoms with van der Waals surface area (Å²) in [5.41, 5.74) is 7.17. The zero-order chi connectivity index (χ0) is 28.4. The second-order valence-electron chi connectivity index (χ2n) is 11.2. The Hall–Kier alpha value is -4.53. The topological polar surface area (TPSA) is 92.2 Å². The van der Waals surface area contributed by atoms with Gasteiger partial charge in [-0.15, -0.1) is 0 Å². The van der Waals surface area contributed by atoms with Crippen LogP contribution in [0.1, 0.15) is 43.5 Å². The highest BCUT2D eigenvalue weighted by molar-refractivity contribution is 6.10. The van der Waals surface area contributed by atoms with E-state index in [4.69, 9.17) is 0 Å². The van der Waals surface area contributed by atoms with Gasteiger partial charge in [0.15, 0.2) is 0 Å². The van der Waals surface area contributed by atoms with E-state index < -0.39 is 11.4 Å². The SMILES string of the molecule is CN1C(=O)C(C)(C)c2cnc(-c3ccnc(F)c3)cc21.Cc1cc(-c2cc3c(cn2)C2(CC2)C(=O)N3C)ccn1. The monoisotopic (exact) mass is 536 g/mol. The second-order valence-corrected chi connectivity index (χ2v) is 11.2. The summed E-state index contributed by atoms with van der Waals surface area (Å²) >= 11 is 0. The summed E-state index contributed by atoms with van der Waals surface area (Å²) in [4.78, 5) is 44.6. The molecule has 0 unspecified atom stereocenters. The molecule has 3 aliphatic rings. The first-order valence-electron chi connectivity index (χ1n) is 13.2. The summed E-state index contributed by atoms with van der Waals surface area (Å²) in [5.74, 6) is -0.292. The molecule has 1 spiro atoms. The largest absolute Gasteiger partial charge is 0.314 e. The molecule has 0 saturated heterocycles. The van der Waals surface area contributed by atoms with Gasteiger partial charge in [-0.2, -0.15) is 4.39 Å². The third-order valence-corrected chi connectivity index (χ3v) is 8.19. The number of fused-ring (bicyclic) bond motifs is 3. The van der Waals surface area contributed by atoms with Gasteiger partial charge in [-0.3, -0.25) is 24.5 Å². The van der Waals surface area contributed by atoms with E-state index in [1.165, 1.54) is 12.3 Å². The lowest BCUT2D eigenvalue weighted by Gasteiger charge is -2.15. The normalized spacial score (nSPS) is 17.4. The van der Waals surface area contributed by atoms with Crippen LogP contribution in [-0.4, -0.2) is 45.8 Å². The Morgan fingerprint density at radius 3 is 1.90 bits per heavy atom. The Morgan fingerprint density at radius 1 is 0.750 bits per heavy atom. The molecule has 0 N–H and O–H groups in total. The maximum atomic E-state index is 13.2. The highest BCUT2D eigenvalue weighted by Gasteiger charge is 2.58. The van der Waals surface area contributed by atoms with E-state index in [0.717, 1.165) is 52.3 Å². The van der Waals surface area contributed by atoms with Gasteiger partial charge in [0, 0.05) is 72.9 Å². The molecule has 4 aromatic rings. The third-order valence-electron chi connectivity index (χ3n) is 8.19. The molecule has 4 aromatic heterocycles. The van der Waals surface area contributed by atoms with E-state index in [9.17, 15) is 14.0 Å². The van der Waals surface area contributed by atoms with Crippen molar-refractivity contribution in [1.29, 1.82) is 0 Å². The van der Waals surface area contributed by atoms with Crippen molar-refractivity contribution in [2.45, 2.75) is 44.4 Å². The minimum absolute atomic E-state index is 0.0346. The van der Waals surface area contributed by atoms with E-state index in [2.05, 4.69) is 19.9 Å². The van der Waals surface area contributed by atoms with Crippen molar-refractivity contribution in [3.63, 3.8) is 0 Å². The molecule has 2 aliphatic heterocycles. The molecule has 7 rings (SSSR count). The Kier molecular flexibility index (Phi) is 5.80. The summed E-state index contributed by atoms with van der Waals surface area (Å²) in [7, 11) is 3.60. The molecule has 6 heterocycles. The van der Waals surface area contributed by atoms with Crippen LogP contribution < -0.4 is 9.80 Å². The molecule has 202 valence electrons. The number of aryl methyl sites for hydroxylation is 1. The van der Waals surface area contributed by atoms with Crippen molar-refractivity contribution >= 4 is 23.2 Å². The van der Waals surface area contributed by atoms with Crippen molar-refractivity contribution in [3.8, 4) is 22.5 Å². The number of rotatable bonds is 2. The van der Waals surface area contributed by atoms with Gasteiger partial charge in [-0.1, -0.05) is 0 Å². The van der Waals surface area contributed by atoms with Crippen LogP contribution in [0.3, 0.4) is 0 Å². The summed E-state index contributed by atoms with van der Waals surface area (Å²) in [6, 6.07) is 10.8. The lowest BCUT2D eigenvalue weighted by molar-refractivity contribution is -0.122. The summed E-state index contributed by atoms with van der Waals surface area (Å²) in [6.07, 6.45) is 8.69. The summed E-state index contributed by atoms with van der Waals surface area (Å²) in [5, 5.41) is 0. The first-order chi connectivity index (χ1) is 19.0. The van der Waals surface area contributed by atoms with Crippen LogP contribution in [0.2, 0.25) is 0 Å². The van der Waals surface area contributed by atoms with E-state index in [0.29, 0.717) is 11.3 Å². The second kappa shape index (κ2) is 9.01. The molecule has 0 atom stereocenters. The molecule has 1 saturated carbocycles. The van der Waals surface area contributed by atoms with Gasteiger partial charge in [0.2, 0.25) is 17.8 Å². The minimum Gasteiger partial charge on any atom is -0.314 e. The van der Waals surface area contributed by atoms with E-state index in [1.807, 2.05) is 58.3 Å². The highest BCUT2D eigenvalue weighted by Crippen LogP contribution is 2.57. The maximum Gasteiger partial charge on any atom is 0.237 e. The lowest BCUT2D eigenvalue weighted by atomic mass is 9.87. The number of pyridine rings is 4. The van der Waals surface area contributed by atoms with Gasteiger partial charge in [0.05, 0.1) is 33.6 Å². The molecule has 40 heavy (non-hydrogen) atoms. The number of nitrogens with zero attached hydrogens (tertiary/aromatic N) is 6. The first kappa shape index (κ1) is 25.7. The van der Waals surface area contributed by atoms with Crippen molar-refractivity contribution < 1.29 is 14.0 Å². The van der Waals surface area contributed by atoms with Crippen LogP contribution in [0.5, 0.6) is 0 Å². The van der Waals surface area contributed by atoms with Crippen molar-refractivity contribution in [3.05, 3.63) is 84.0 Å².